The van der Waals surface area contributed by atoms with Crippen LogP contribution in [0.15, 0.2) is 0 Å². The Labute approximate surface area is 244 Å². The van der Waals surface area contributed by atoms with Gasteiger partial charge in [0.2, 0.25) is 0 Å². The first kappa shape index (κ1) is 33.9. The summed E-state index contributed by atoms with van der Waals surface area (Å²) < 4.78 is 69.3. The summed E-state index contributed by atoms with van der Waals surface area (Å²) in [6.45, 7) is 5.76. The fraction of sp³-hybridized carbons (Fsp3) is 0.952. The van der Waals surface area contributed by atoms with E-state index in [2.05, 4.69) is 47.3 Å². The molecule has 4 aliphatic rings. The van der Waals surface area contributed by atoms with Gasteiger partial charge in [-0.1, -0.05) is 6.92 Å². The number of ether oxygens (including phenoxy) is 7. The van der Waals surface area contributed by atoms with Crippen molar-refractivity contribution in [1.29, 1.82) is 0 Å². The number of aliphatic hydroxyl groups excluding tert-OH is 1. The van der Waals surface area contributed by atoms with Crippen molar-refractivity contribution in [1.82, 2.24) is 0 Å². The molecule has 0 aliphatic carbocycles. The first-order valence-corrected chi connectivity index (χ1v) is 15.1. The lowest BCUT2D eigenvalue weighted by Gasteiger charge is -2.49. The van der Waals surface area contributed by atoms with Crippen molar-refractivity contribution < 1.29 is 65.7 Å². The molecular weight excluding hydrogens is 631 g/mol. The third-order valence-electron chi connectivity index (χ3n) is 7.72. The molecule has 40 heavy (non-hydrogen) atoms. The van der Waals surface area contributed by atoms with Gasteiger partial charge >= 0.3 is 6.16 Å². The number of fused-ring (bicyclic) bond motifs is 1. The van der Waals surface area contributed by atoms with Gasteiger partial charge in [0.15, 0.2) is 30.9 Å². The average molecular weight is 670 g/mol. The molecule has 19 heteroatoms. The summed E-state index contributed by atoms with van der Waals surface area (Å²) in [4.78, 5) is 12.3. The maximum Gasteiger partial charge on any atom is 0.509 e. The summed E-state index contributed by atoms with van der Waals surface area (Å²) in [7, 11) is 10.9. The molecule has 4 fully saturated rings. The highest BCUT2D eigenvalue weighted by atomic mass is 31.0. The van der Waals surface area contributed by atoms with Gasteiger partial charge in [0, 0.05) is 53.3 Å². The summed E-state index contributed by atoms with van der Waals surface area (Å²) in [5, 5.41) is 11.2. The molecule has 11 unspecified atom stereocenters. The Morgan fingerprint density at radius 3 is 1.88 bits per heavy atom. The van der Waals surface area contributed by atoms with Gasteiger partial charge in [0.1, 0.15) is 36.6 Å². The zero-order valence-corrected chi connectivity index (χ0v) is 28.0. The van der Waals surface area contributed by atoms with E-state index in [0.29, 0.717) is 0 Å². The zero-order chi connectivity index (χ0) is 29.1. The molecule has 0 radical (unpaired) electrons. The standard InChI is InChI=1S/C21H39O14P5/c1-6-7(2)26-9(4-24-36)11(22)12(6)29-19-17(15-14(31-21(23)32-15)10(28-19)5-25-37)30-20-18(35-40)16(34-39)13(33-38)8(3)27-20/h6-20,22H,4-5,36-40H2,1-3H3/t6?,7-,8?,9?,10?,11-,12+,13-,14-,15-,16+,17?,18?,19-,20-/m0/s1. The van der Waals surface area contributed by atoms with Crippen LogP contribution >= 0.6 is 47.3 Å². The minimum atomic E-state index is -1.15. The van der Waals surface area contributed by atoms with Crippen molar-refractivity contribution >= 4 is 53.5 Å². The predicted molar refractivity (Wildman–Crippen MR) is 152 cm³/mol. The number of aliphatic hydroxyl groups is 1. The van der Waals surface area contributed by atoms with E-state index >= 15 is 0 Å². The van der Waals surface area contributed by atoms with Crippen molar-refractivity contribution in [3.05, 3.63) is 0 Å². The fourth-order valence-corrected chi connectivity index (χ4v) is 6.82. The first-order chi connectivity index (χ1) is 19.2. The third-order valence-corrected chi connectivity index (χ3v) is 9.05. The molecule has 232 valence electrons. The minimum absolute atomic E-state index is 0.0469. The number of hydrogen-bond donors (Lipinski definition) is 1. The Kier molecular flexibility index (Phi) is 13.0. The Hall–Kier alpha value is 0.980. The molecule has 4 aliphatic heterocycles. The zero-order valence-electron chi connectivity index (χ0n) is 22.2. The Balaban J connectivity index is 1.64. The van der Waals surface area contributed by atoms with E-state index < -0.39 is 85.9 Å². The lowest BCUT2D eigenvalue weighted by atomic mass is 9.88. The number of rotatable bonds is 11. The monoisotopic (exact) mass is 670 g/mol. The normalized spacial score (nSPS) is 47.4. The highest BCUT2D eigenvalue weighted by Gasteiger charge is 2.59. The van der Waals surface area contributed by atoms with E-state index in [-0.39, 0.29) is 25.2 Å². The van der Waals surface area contributed by atoms with Crippen molar-refractivity contribution in [3.63, 3.8) is 0 Å². The second-order valence-electron chi connectivity index (χ2n) is 10.1. The van der Waals surface area contributed by atoms with Gasteiger partial charge < -0.3 is 60.9 Å². The van der Waals surface area contributed by atoms with Crippen LogP contribution in [0.3, 0.4) is 0 Å². The van der Waals surface area contributed by atoms with Gasteiger partial charge in [0.25, 0.3) is 0 Å². The maximum atomic E-state index is 12.3. The van der Waals surface area contributed by atoms with Crippen molar-refractivity contribution in [3.8, 4) is 0 Å². The van der Waals surface area contributed by atoms with Gasteiger partial charge in [-0.2, -0.15) is 0 Å². The minimum Gasteiger partial charge on any atom is -0.424 e. The summed E-state index contributed by atoms with van der Waals surface area (Å²) in [5.74, 6) is -0.250. The Morgan fingerprint density at radius 1 is 0.675 bits per heavy atom. The van der Waals surface area contributed by atoms with Crippen LogP contribution in [0.1, 0.15) is 20.8 Å². The second-order valence-corrected chi connectivity index (χ2v) is 11.6. The summed E-state index contributed by atoms with van der Waals surface area (Å²) >= 11 is 0. The molecule has 0 saturated carbocycles. The molecule has 0 aromatic rings. The molecule has 14 nitrogen and oxygen atoms in total. The van der Waals surface area contributed by atoms with Gasteiger partial charge in [0.05, 0.1) is 31.5 Å². The largest absolute Gasteiger partial charge is 0.509 e. The summed E-state index contributed by atoms with van der Waals surface area (Å²) in [6, 6.07) is 0. The predicted octanol–water partition coefficient (Wildman–Crippen LogP) is 1.05. The molecule has 1 N–H and O–H groups in total. The van der Waals surface area contributed by atoms with E-state index in [9.17, 15) is 9.90 Å². The van der Waals surface area contributed by atoms with Crippen LogP contribution in [0.5, 0.6) is 0 Å². The lowest BCUT2D eigenvalue weighted by Crippen LogP contribution is -2.65. The molecular formula is C21H39O14P5. The van der Waals surface area contributed by atoms with Crippen molar-refractivity contribution in [2.24, 2.45) is 5.92 Å². The van der Waals surface area contributed by atoms with E-state index in [0.717, 1.165) is 0 Å². The molecule has 4 saturated heterocycles. The van der Waals surface area contributed by atoms with Crippen LogP contribution in [0.4, 0.5) is 4.79 Å². The molecule has 4 heterocycles. The first-order valence-electron chi connectivity index (χ1n) is 12.7. The molecule has 0 bridgehead atoms. The molecule has 0 aromatic heterocycles. The molecule has 0 amide bonds. The topological polar surface area (TPSA) is 148 Å². The van der Waals surface area contributed by atoms with Crippen LogP contribution in [-0.4, -0.2) is 110 Å². The van der Waals surface area contributed by atoms with Crippen LogP contribution in [-0.2, 0) is 55.8 Å². The van der Waals surface area contributed by atoms with Crippen LogP contribution in [0.25, 0.3) is 0 Å². The number of carbonyl (C=O) groups excluding carboxylic acids is 1. The average Bonchev–Trinajstić information content (AvgIpc) is 3.32. The van der Waals surface area contributed by atoms with Gasteiger partial charge in [-0.3, -0.25) is 0 Å². The van der Waals surface area contributed by atoms with E-state index in [1.165, 1.54) is 0 Å². The van der Waals surface area contributed by atoms with E-state index in [1.54, 1.807) is 6.92 Å². The Bertz CT molecular complexity index is 835. The van der Waals surface area contributed by atoms with Crippen LogP contribution in [0.2, 0.25) is 0 Å². The van der Waals surface area contributed by atoms with Crippen LogP contribution in [0, 0.1) is 5.92 Å². The van der Waals surface area contributed by atoms with E-state index in [1.807, 2.05) is 13.8 Å². The van der Waals surface area contributed by atoms with Crippen LogP contribution < -0.4 is 0 Å². The lowest BCUT2D eigenvalue weighted by molar-refractivity contribution is -0.364. The number of hydrogen-bond acceptors (Lipinski definition) is 14. The molecule has 20 atom stereocenters. The quantitative estimate of drug-likeness (QED) is 0.247. The van der Waals surface area contributed by atoms with Gasteiger partial charge in [-0.25, -0.2) is 4.79 Å². The Morgan fingerprint density at radius 2 is 1.25 bits per heavy atom. The smallest absolute Gasteiger partial charge is 0.424 e. The molecule has 0 spiro atoms. The van der Waals surface area contributed by atoms with Gasteiger partial charge in [-0.15, -0.1) is 0 Å². The molecule has 4 rings (SSSR count). The summed E-state index contributed by atoms with van der Waals surface area (Å²) in [5.41, 5.74) is 0. The van der Waals surface area contributed by atoms with Gasteiger partial charge in [-0.05, 0) is 13.8 Å². The fourth-order valence-electron chi connectivity index (χ4n) is 5.47. The SMILES string of the molecule is CC1[C@H](C)OC(COP)[C@H](O)[C@@H]1O[C@@H]1OC(COP)[C@@H]2OC(=O)O[C@@H]2C1O[C@@H]1OC(C)[C@H](OP)[C@@H](OP)C1OP. The second kappa shape index (κ2) is 15.3. The highest BCUT2D eigenvalue weighted by molar-refractivity contribution is 7.10. The van der Waals surface area contributed by atoms with E-state index in [4.69, 9.17) is 55.8 Å². The summed E-state index contributed by atoms with van der Waals surface area (Å²) in [6.07, 6.45) is -11.8. The third kappa shape index (κ3) is 7.10. The maximum absolute atomic E-state index is 12.3. The van der Waals surface area contributed by atoms with Crippen molar-refractivity contribution in [2.75, 3.05) is 13.2 Å². The van der Waals surface area contributed by atoms with Crippen molar-refractivity contribution in [2.45, 2.75) is 107 Å². The highest BCUT2D eigenvalue weighted by Crippen LogP contribution is 2.40. The number of carbonyl (C=O) groups is 1. The molecule has 0 aromatic carbocycles.